The molecule has 1 aliphatic carbocycles. The van der Waals surface area contributed by atoms with Gasteiger partial charge < -0.3 is 10.1 Å². The second-order valence-corrected chi connectivity index (χ2v) is 5.84. The number of ether oxygens (including phenoxy) is 1. The van der Waals surface area contributed by atoms with Crippen LogP contribution >= 0.6 is 0 Å². The maximum Gasteiger partial charge on any atom is 0.220 e. The second-order valence-electron chi connectivity index (χ2n) is 5.84. The van der Waals surface area contributed by atoms with Crippen molar-refractivity contribution >= 4 is 11.7 Å². The third kappa shape index (κ3) is 5.17. The van der Waals surface area contributed by atoms with Crippen molar-refractivity contribution in [3.8, 4) is 5.75 Å². The van der Waals surface area contributed by atoms with Crippen molar-refractivity contribution in [2.24, 2.45) is 0 Å². The molecule has 120 valence electrons. The zero-order valence-corrected chi connectivity index (χ0v) is 13.3. The summed E-state index contributed by atoms with van der Waals surface area (Å²) in [6.45, 7) is 2.73. The van der Waals surface area contributed by atoms with E-state index in [0.29, 0.717) is 18.2 Å². The number of hydrogen-bond acceptors (Lipinski definition) is 3. The Hall–Kier alpha value is -1.84. The van der Waals surface area contributed by atoms with Gasteiger partial charge in [0.05, 0.1) is 6.61 Å². The van der Waals surface area contributed by atoms with Crippen molar-refractivity contribution in [1.29, 1.82) is 0 Å². The summed E-state index contributed by atoms with van der Waals surface area (Å²) in [7, 11) is 0. The topological polar surface area (TPSA) is 55.4 Å². The summed E-state index contributed by atoms with van der Waals surface area (Å²) in [5, 5.41) is 3.01. The van der Waals surface area contributed by atoms with Crippen LogP contribution in [0.2, 0.25) is 0 Å². The molecule has 0 saturated heterocycles. The molecule has 0 unspecified atom stereocenters. The number of Topliss-reactive ketones (excluding diaryl/α,β-unsaturated/α-hetero) is 1. The van der Waals surface area contributed by atoms with Crippen molar-refractivity contribution in [3.63, 3.8) is 0 Å². The van der Waals surface area contributed by atoms with Crippen LogP contribution in [-0.4, -0.2) is 24.3 Å². The molecule has 0 bridgehead atoms. The molecular formula is C18H25NO3. The lowest BCUT2D eigenvalue weighted by Crippen LogP contribution is -2.32. The highest BCUT2D eigenvalue weighted by Gasteiger charge is 2.17. The van der Waals surface area contributed by atoms with Crippen LogP contribution < -0.4 is 10.1 Å². The molecule has 0 heterocycles. The van der Waals surface area contributed by atoms with E-state index in [4.69, 9.17) is 4.74 Å². The molecule has 4 nitrogen and oxygen atoms in total. The lowest BCUT2D eigenvalue weighted by Gasteiger charge is -2.11. The van der Waals surface area contributed by atoms with E-state index >= 15 is 0 Å². The monoisotopic (exact) mass is 303 g/mol. The van der Waals surface area contributed by atoms with E-state index in [0.717, 1.165) is 25.0 Å². The molecule has 1 aromatic carbocycles. The minimum atomic E-state index is -0.0110. The van der Waals surface area contributed by atoms with Crippen LogP contribution in [0.4, 0.5) is 0 Å². The van der Waals surface area contributed by atoms with Crippen LogP contribution in [0.15, 0.2) is 24.3 Å². The van der Waals surface area contributed by atoms with E-state index in [2.05, 4.69) is 12.2 Å². The number of amides is 1. The van der Waals surface area contributed by atoms with Gasteiger partial charge in [0.15, 0.2) is 5.78 Å². The van der Waals surface area contributed by atoms with Crippen LogP contribution in [0.3, 0.4) is 0 Å². The maximum atomic E-state index is 12.1. The van der Waals surface area contributed by atoms with Gasteiger partial charge in [-0.3, -0.25) is 9.59 Å². The summed E-state index contributed by atoms with van der Waals surface area (Å²) >= 11 is 0. The summed E-state index contributed by atoms with van der Waals surface area (Å²) in [4.78, 5) is 23.9. The molecule has 1 aliphatic rings. The summed E-state index contributed by atoms with van der Waals surface area (Å²) < 4.78 is 5.49. The predicted molar refractivity (Wildman–Crippen MR) is 86.2 cm³/mol. The van der Waals surface area contributed by atoms with Gasteiger partial charge >= 0.3 is 0 Å². The minimum absolute atomic E-state index is 0.00335. The van der Waals surface area contributed by atoms with Crippen LogP contribution in [0.5, 0.6) is 5.75 Å². The Labute approximate surface area is 132 Å². The highest BCUT2D eigenvalue weighted by Crippen LogP contribution is 2.18. The summed E-state index contributed by atoms with van der Waals surface area (Å²) in [5.41, 5.74) is 0.637. The van der Waals surface area contributed by atoms with E-state index in [1.807, 2.05) is 12.1 Å². The van der Waals surface area contributed by atoms with Gasteiger partial charge in [-0.15, -0.1) is 0 Å². The molecule has 1 saturated carbocycles. The summed E-state index contributed by atoms with van der Waals surface area (Å²) in [5.74, 6) is 0.768. The third-order valence-electron chi connectivity index (χ3n) is 3.95. The molecule has 1 amide bonds. The largest absolute Gasteiger partial charge is 0.494 e. The smallest absolute Gasteiger partial charge is 0.220 e. The molecule has 0 aliphatic heterocycles. The molecule has 22 heavy (non-hydrogen) atoms. The summed E-state index contributed by atoms with van der Waals surface area (Å²) in [6.07, 6.45) is 6.00. The molecule has 1 aromatic rings. The first kappa shape index (κ1) is 16.5. The average molecular weight is 303 g/mol. The van der Waals surface area contributed by atoms with Gasteiger partial charge in [-0.25, -0.2) is 0 Å². The fourth-order valence-corrected chi connectivity index (χ4v) is 2.70. The van der Waals surface area contributed by atoms with Crippen molar-refractivity contribution in [2.75, 3.05) is 6.61 Å². The first-order chi connectivity index (χ1) is 10.7. The molecule has 0 aromatic heterocycles. The zero-order valence-electron chi connectivity index (χ0n) is 13.3. The molecule has 0 spiro atoms. The molecule has 2 rings (SSSR count). The Morgan fingerprint density at radius 2 is 1.82 bits per heavy atom. The first-order valence-electron chi connectivity index (χ1n) is 8.24. The Balaban J connectivity index is 1.75. The van der Waals surface area contributed by atoms with Crippen LogP contribution in [0, 0.1) is 0 Å². The third-order valence-corrected chi connectivity index (χ3v) is 3.95. The van der Waals surface area contributed by atoms with Gasteiger partial charge in [0.1, 0.15) is 5.75 Å². The van der Waals surface area contributed by atoms with Gasteiger partial charge in [-0.05, 0) is 43.5 Å². The molecular weight excluding hydrogens is 278 g/mol. The number of hydrogen-bond donors (Lipinski definition) is 1. The number of carbonyl (C=O) groups excluding carboxylic acids is 2. The average Bonchev–Trinajstić information content (AvgIpc) is 3.04. The van der Waals surface area contributed by atoms with Crippen molar-refractivity contribution < 1.29 is 14.3 Å². The zero-order chi connectivity index (χ0) is 15.8. The molecule has 1 fully saturated rings. The van der Waals surface area contributed by atoms with Gasteiger partial charge in [-0.2, -0.15) is 0 Å². The number of ketones is 1. The normalized spacial score (nSPS) is 14.8. The fourth-order valence-electron chi connectivity index (χ4n) is 2.70. The SMILES string of the molecule is CCCOc1ccc(C(=O)CCC(=O)NC2CCCC2)cc1. The van der Waals surface area contributed by atoms with Gasteiger partial charge in [0.2, 0.25) is 5.91 Å². The van der Waals surface area contributed by atoms with E-state index in [9.17, 15) is 9.59 Å². The quantitative estimate of drug-likeness (QED) is 0.748. The Bertz CT molecular complexity index is 490. The van der Waals surface area contributed by atoms with E-state index < -0.39 is 0 Å². The standard InChI is InChI=1S/C18H25NO3/c1-2-13-22-16-9-7-14(8-10-16)17(20)11-12-18(21)19-15-5-3-4-6-15/h7-10,15H,2-6,11-13H2,1H3,(H,19,21). The number of nitrogens with one attached hydrogen (secondary N) is 1. The van der Waals surface area contributed by atoms with Crippen LogP contribution in [0.1, 0.15) is 62.2 Å². The molecule has 0 atom stereocenters. The number of benzene rings is 1. The number of carbonyl (C=O) groups is 2. The highest BCUT2D eigenvalue weighted by molar-refractivity contribution is 5.98. The van der Waals surface area contributed by atoms with Crippen molar-refractivity contribution in [2.45, 2.75) is 57.9 Å². The van der Waals surface area contributed by atoms with Crippen LogP contribution in [0.25, 0.3) is 0 Å². The fraction of sp³-hybridized carbons (Fsp3) is 0.556. The van der Waals surface area contributed by atoms with Gasteiger partial charge in [0.25, 0.3) is 0 Å². The second kappa shape index (κ2) is 8.57. The molecule has 4 heteroatoms. The van der Waals surface area contributed by atoms with E-state index in [1.54, 1.807) is 12.1 Å². The molecule has 0 radical (unpaired) electrons. The first-order valence-corrected chi connectivity index (χ1v) is 8.24. The highest BCUT2D eigenvalue weighted by atomic mass is 16.5. The van der Waals surface area contributed by atoms with E-state index in [-0.39, 0.29) is 24.5 Å². The summed E-state index contributed by atoms with van der Waals surface area (Å²) in [6, 6.07) is 7.46. The molecule has 1 N–H and O–H groups in total. The lowest BCUT2D eigenvalue weighted by molar-refractivity contribution is -0.121. The van der Waals surface area contributed by atoms with Crippen molar-refractivity contribution in [3.05, 3.63) is 29.8 Å². The Morgan fingerprint density at radius 3 is 2.45 bits per heavy atom. The maximum absolute atomic E-state index is 12.1. The lowest BCUT2D eigenvalue weighted by atomic mass is 10.1. The Kier molecular flexibility index (Phi) is 6.44. The Morgan fingerprint density at radius 1 is 1.14 bits per heavy atom. The van der Waals surface area contributed by atoms with Crippen LogP contribution in [-0.2, 0) is 4.79 Å². The predicted octanol–water partition coefficient (Wildman–Crippen LogP) is 3.50. The van der Waals surface area contributed by atoms with Gasteiger partial charge in [0, 0.05) is 24.4 Å². The minimum Gasteiger partial charge on any atom is -0.494 e. The number of rotatable bonds is 8. The van der Waals surface area contributed by atoms with Gasteiger partial charge in [-0.1, -0.05) is 19.8 Å². The van der Waals surface area contributed by atoms with E-state index in [1.165, 1.54) is 12.8 Å². The van der Waals surface area contributed by atoms with Crippen molar-refractivity contribution in [1.82, 2.24) is 5.32 Å².